The van der Waals surface area contributed by atoms with Crippen LogP contribution in [0, 0.1) is 13.0 Å². The van der Waals surface area contributed by atoms with E-state index in [9.17, 15) is 10.1 Å². The average molecular weight is 255 g/mol. The second kappa shape index (κ2) is 2.61. The quantitative estimate of drug-likeness (QED) is 0.439. The van der Waals surface area contributed by atoms with Gasteiger partial charge in [0.2, 0.25) is 0 Å². The Bertz CT molecular complexity index is 234. The molecule has 48 valence electrons. The van der Waals surface area contributed by atoms with Gasteiger partial charge in [0, 0.05) is 6.07 Å². The van der Waals surface area contributed by atoms with Crippen molar-refractivity contribution in [2.45, 2.75) is 0 Å². The van der Waals surface area contributed by atoms with Gasteiger partial charge < -0.3 is 0 Å². The van der Waals surface area contributed by atoms with Gasteiger partial charge in [0.25, 0.3) is 0 Å². The zero-order chi connectivity index (χ0) is 6.85. The summed E-state index contributed by atoms with van der Waals surface area (Å²) < 4.78 is 0.944. The molecule has 1 aromatic rings. The minimum atomic E-state index is -0.382. The predicted molar refractivity (Wildman–Crippen MR) is 43.7 cm³/mol. The summed E-state index contributed by atoms with van der Waals surface area (Å²) in [5.41, 5.74) is 0. The van der Waals surface area contributed by atoms with Crippen LogP contribution < -0.4 is 0 Å². The smallest absolute Gasteiger partial charge is 0.258 e. The molecule has 0 aromatic carbocycles. The lowest BCUT2D eigenvalue weighted by atomic mass is 10.6. The fourth-order valence-electron chi connectivity index (χ4n) is 0.403. The Morgan fingerprint density at radius 2 is 2.33 bits per heavy atom. The van der Waals surface area contributed by atoms with Crippen LogP contribution in [0.3, 0.4) is 0 Å². The molecule has 0 aliphatic heterocycles. The van der Waals surface area contributed by atoms with Crippen molar-refractivity contribution in [3.05, 3.63) is 25.1 Å². The molecule has 1 heterocycles. The van der Waals surface area contributed by atoms with Gasteiger partial charge in [0.15, 0.2) is 0 Å². The first-order chi connectivity index (χ1) is 4.20. The van der Waals surface area contributed by atoms with E-state index in [0.29, 0.717) is 0 Å². The molecule has 0 radical (unpaired) electrons. The molecule has 0 aliphatic carbocycles. The topological polar surface area (TPSA) is 43.1 Å². The third-order valence-electron chi connectivity index (χ3n) is 0.739. The molecule has 0 N–H and O–H groups in total. The van der Waals surface area contributed by atoms with Crippen LogP contribution in [0.15, 0.2) is 12.1 Å². The molecule has 9 heavy (non-hydrogen) atoms. The van der Waals surface area contributed by atoms with Crippen LogP contribution in [0.4, 0.5) is 5.00 Å². The maximum absolute atomic E-state index is 10.0. The molecule has 0 saturated carbocycles. The molecule has 5 heteroatoms. The van der Waals surface area contributed by atoms with E-state index in [1.165, 1.54) is 17.4 Å². The Balaban J connectivity index is 2.98. The number of rotatable bonds is 1. The monoisotopic (exact) mass is 255 g/mol. The summed E-state index contributed by atoms with van der Waals surface area (Å²) in [5, 5.41) is 10.2. The van der Waals surface area contributed by atoms with Crippen molar-refractivity contribution >= 4 is 38.9 Å². The number of nitro groups is 1. The Hall–Kier alpha value is -0.170. The van der Waals surface area contributed by atoms with Crippen LogP contribution in [-0.2, 0) is 0 Å². The van der Waals surface area contributed by atoms with Gasteiger partial charge in [0.1, 0.15) is 0 Å². The van der Waals surface area contributed by atoms with Crippen LogP contribution in [0.5, 0.6) is 0 Å². The van der Waals surface area contributed by atoms with Crippen LogP contribution in [-0.4, -0.2) is 4.92 Å². The fraction of sp³-hybridized carbons (Fsp3) is 0. The van der Waals surface area contributed by atoms with Crippen molar-refractivity contribution in [1.82, 2.24) is 0 Å². The number of halogens is 1. The van der Waals surface area contributed by atoms with E-state index in [1.54, 1.807) is 6.07 Å². The van der Waals surface area contributed by atoms with Gasteiger partial charge >= 0.3 is 5.00 Å². The third kappa shape index (κ3) is 1.62. The summed E-state index contributed by atoms with van der Waals surface area (Å²) in [7, 11) is 0. The molecule has 0 amide bonds. The van der Waals surface area contributed by atoms with E-state index >= 15 is 0 Å². The van der Waals surface area contributed by atoms with Crippen LogP contribution in [0.2, 0.25) is 0 Å². The first kappa shape index (κ1) is 6.94. The molecular formula is C4H2INO2S. The molecule has 0 saturated heterocycles. The number of hydrogen-bond acceptors (Lipinski definition) is 3. The minimum absolute atomic E-state index is 0.208. The standard InChI is InChI=1S/C4H2INO2S/c5-3-1-2-4(9-3)6(7)8/h1-2H. The first-order valence-corrected chi connectivity index (χ1v) is 3.99. The van der Waals surface area contributed by atoms with Crippen LogP contribution in [0.1, 0.15) is 0 Å². The molecule has 1 aromatic heterocycles. The second-order valence-electron chi connectivity index (χ2n) is 1.33. The summed E-state index contributed by atoms with van der Waals surface area (Å²) >= 11 is 3.23. The van der Waals surface area contributed by atoms with Crippen molar-refractivity contribution in [1.29, 1.82) is 0 Å². The van der Waals surface area contributed by atoms with Crippen molar-refractivity contribution in [3.63, 3.8) is 0 Å². The third-order valence-corrected chi connectivity index (χ3v) is 2.58. The van der Waals surface area contributed by atoms with E-state index in [4.69, 9.17) is 0 Å². The molecular weight excluding hydrogens is 253 g/mol. The minimum Gasteiger partial charge on any atom is -0.258 e. The molecule has 0 atom stereocenters. The predicted octanol–water partition coefficient (Wildman–Crippen LogP) is 2.26. The van der Waals surface area contributed by atoms with Crippen molar-refractivity contribution in [2.75, 3.05) is 0 Å². The summed E-state index contributed by atoms with van der Waals surface area (Å²) in [5.74, 6) is 0. The Morgan fingerprint density at radius 3 is 2.56 bits per heavy atom. The van der Waals surface area contributed by atoms with Crippen molar-refractivity contribution in [2.24, 2.45) is 0 Å². The molecule has 0 fully saturated rings. The summed E-state index contributed by atoms with van der Waals surface area (Å²) in [6, 6.07) is 3.23. The van der Waals surface area contributed by atoms with Crippen molar-refractivity contribution < 1.29 is 4.92 Å². The second-order valence-corrected chi connectivity index (χ2v) is 4.29. The fourth-order valence-corrected chi connectivity index (χ4v) is 1.81. The Kier molecular flexibility index (Phi) is 2.01. The number of nitrogens with zero attached hydrogens (tertiary/aromatic N) is 1. The molecule has 3 nitrogen and oxygen atoms in total. The normalized spacial score (nSPS) is 9.44. The lowest BCUT2D eigenvalue weighted by molar-refractivity contribution is -0.380. The van der Waals surface area contributed by atoms with Gasteiger partial charge in [-0.2, -0.15) is 0 Å². The SMILES string of the molecule is O=[N+]([O-])c1ccc(I)s1. The average Bonchev–Trinajstić information content (AvgIpc) is 2.14. The summed E-state index contributed by atoms with van der Waals surface area (Å²) in [4.78, 5) is 9.64. The van der Waals surface area contributed by atoms with E-state index in [2.05, 4.69) is 0 Å². The highest BCUT2D eigenvalue weighted by Gasteiger charge is 2.06. The lowest BCUT2D eigenvalue weighted by Crippen LogP contribution is -1.80. The largest absolute Gasteiger partial charge is 0.325 e. The lowest BCUT2D eigenvalue weighted by Gasteiger charge is -1.77. The van der Waals surface area contributed by atoms with E-state index in [1.807, 2.05) is 22.6 Å². The van der Waals surface area contributed by atoms with Gasteiger partial charge in [-0.05, 0) is 28.7 Å². The molecule has 0 unspecified atom stereocenters. The Morgan fingerprint density at radius 1 is 1.67 bits per heavy atom. The molecule has 0 bridgehead atoms. The number of hydrogen-bond donors (Lipinski definition) is 0. The molecule has 0 aliphatic rings. The van der Waals surface area contributed by atoms with E-state index in [-0.39, 0.29) is 9.92 Å². The number of thiophene rings is 1. The zero-order valence-corrected chi connectivity index (χ0v) is 7.18. The molecule has 1 rings (SSSR count). The maximum atomic E-state index is 10.0. The van der Waals surface area contributed by atoms with E-state index < -0.39 is 0 Å². The maximum Gasteiger partial charge on any atom is 0.325 e. The first-order valence-electron chi connectivity index (χ1n) is 2.10. The van der Waals surface area contributed by atoms with Gasteiger partial charge in [-0.1, -0.05) is 11.3 Å². The highest BCUT2D eigenvalue weighted by atomic mass is 127. The zero-order valence-electron chi connectivity index (χ0n) is 4.20. The Labute approximate surface area is 69.0 Å². The van der Waals surface area contributed by atoms with Gasteiger partial charge in [-0.15, -0.1) is 0 Å². The van der Waals surface area contributed by atoms with Crippen molar-refractivity contribution in [3.8, 4) is 0 Å². The highest BCUT2D eigenvalue weighted by molar-refractivity contribution is 14.1. The molecule has 0 spiro atoms. The van der Waals surface area contributed by atoms with Crippen LogP contribution in [0.25, 0.3) is 0 Å². The van der Waals surface area contributed by atoms with Gasteiger partial charge in [-0.3, -0.25) is 10.1 Å². The van der Waals surface area contributed by atoms with Gasteiger partial charge in [-0.25, -0.2) is 0 Å². The summed E-state index contributed by atoms with van der Waals surface area (Å²) in [6.45, 7) is 0. The van der Waals surface area contributed by atoms with E-state index in [0.717, 1.165) is 2.88 Å². The highest BCUT2D eigenvalue weighted by Crippen LogP contribution is 2.24. The summed E-state index contributed by atoms with van der Waals surface area (Å²) in [6.07, 6.45) is 0. The van der Waals surface area contributed by atoms with Gasteiger partial charge in [0.05, 0.1) is 7.81 Å². The van der Waals surface area contributed by atoms with Crippen LogP contribution >= 0.6 is 33.9 Å².